The van der Waals surface area contributed by atoms with Crippen LogP contribution in [-0.2, 0) is 6.61 Å². The van der Waals surface area contributed by atoms with E-state index >= 15 is 0 Å². The van der Waals surface area contributed by atoms with Gasteiger partial charge in [0.15, 0.2) is 11.5 Å². The molecule has 0 aliphatic carbocycles. The molecule has 1 heterocycles. The summed E-state index contributed by atoms with van der Waals surface area (Å²) in [4.78, 5) is 29.1. The van der Waals surface area contributed by atoms with E-state index in [0.29, 0.717) is 53.8 Å². The van der Waals surface area contributed by atoms with Gasteiger partial charge in [-0.1, -0.05) is 29.8 Å². The third-order valence-corrected chi connectivity index (χ3v) is 6.07. The van der Waals surface area contributed by atoms with E-state index in [-0.39, 0.29) is 24.2 Å². The lowest BCUT2D eigenvalue weighted by Gasteiger charge is -2.35. The molecule has 0 bridgehead atoms. The average Bonchev–Trinajstić information content (AvgIpc) is 2.88. The zero-order valence-electron chi connectivity index (χ0n) is 18.7. The van der Waals surface area contributed by atoms with E-state index in [0.717, 1.165) is 5.56 Å². The van der Waals surface area contributed by atoms with Crippen LogP contribution >= 0.6 is 11.6 Å². The van der Waals surface area contributed by atoms with Gasteiger partial charge in [-0.25, -0.2) is 4.39 Å². The quantitative estimate of drug-likeness (QED) is 0.512. The Morgan fingerprint density at radius 1 is 0.853 bits per heavy atom. The minimum absolute atomic E-state index is 0.148. The highest BCUT2D eigenvalue weighted by molar-refractivity contribution is 6.31. The fraction of sp³-hybridized carbons (Fsp3) is 0.231. The first kappa shape index (κ1) is 23.6. The molecule has 0 spiro atoms. The smallest absolute Gasteiger partial charge is 0.254 e. The lowest BCUT2D eigenvalue weighted by molar-refractivity contribution is 0.0535. The summed E-state index contributed by atoms with van der Waals surface area (Å²) in [5.74, 6) is 0.248. The number of halogens is 2. The average molecular weight is 483 g/mol. The molecule has 0 unspecified atom stereocenters. The first-order valence-electron chi connectivity index (χ1n) is 10.8. The van der Waals surface area contributed by atoms with Gasteiger partial charge in [-0.3, -0.25) is 9.59 Å². The molecular formula is C26H24ClFN2O4. The largest absolute Gasteiger partial charge is 0.493 e. The van der Waals surface area contributed by atoms with Crippen molar-refractivity contribution < 1.29 is 23.5 Å². The van der Waals surface area contributed by atoms with Crippen LogP contribution in [0.4, 0.5) is 4.39 Å². The number of ether oxygens (including phenoxy) is 2. The van der Waals surface area contributed by atoms with Crippen LogP contribution in [0.1, 0.15) is 26.3 Å². The molecule has 0 atom stereocenters. The molecule has 3 aromatic carbocycles. The maximum atomic E-state index is 13.1. The lowest BCUT2D eigenvalue weighted by atomic mass is 10.1. The second-order valence-electron chi connectivity index (χ2n) is 7.84. The normalized spacial score (nSPS) is 13.5. The van der Waals surface area contributed by atoms with Crippen molar-refractivity contribution in [2.24, 2.45) is 0 Å². The van der Waals surface area contributed by atoms with Gasteiger partial charge in [0, 0.05) is 47.9 Å². The summed E-state index contributed by atoms with van der Waals surface area (Å²) in [7, 11) is 1.52. The minimum Gasteiger partial charge on any atom is -0.493 e. The maximum Gasteiger partial charge on any atom is 0.254 e. The molecule has 2 amide bonds. The number of hydrogen-bond donors (Lipinski definition) is 0. The van der Waals surface area contributed by atoms with Crippen molar-refractivity contribution in [2.45, 2.75) is 6.61 Å². The van der Waals surface area contributed by atoms with Crippen molar-refractivity contribution in [2.75, 3.05) is 33.3 Å². The monoisotopic (exact) mass is 482 g/mol. The highest BCUT2D eigenvalue weighted by atomic mass is 35.5. The van der Waals surface area contributed by atoms with Crippen molar-refractivity contribution in [3.8, 4) is 11.5 Å². The summed E-state index contributed by atoms with van der Waals surface area (Å²) in [6.07, 6.45) is 0. The van der Waals surface area contributed by atoms with Gasteiger partial charge >= 0.3 is 0 Å². The fourth-order valence-corrected chi connectivity index (χ4v) is 3.95. The molecule has 176 valence electrons. The molecule has 8 heteroatoms. The Morgan fingerprint density at radius 3 is 2.06 bits per heavy atom. The zero-order chi connectivity index (χ0) is 24.1. The molecule has 1 aliphatic heterocycles. The molecular weight excluding hydrogens is 459 g/mol. The van der Waals surface area contributed by atoms with Gasteiger partial charge in [-0.2, -0.15) is 0 Å². The first-order valence-corrected chi connectivity index (χ1v) is 11.2. The Morgan fingerprint density at radius 2 is 1.44 bits per heavy atom. The standard InChI is InChI=1S/C26H24ClFN2O4/c1-33-24-16-19(8-11-23(24)34-17-20-4-2-3-5-22(20)27)26(32)30-14-12-29(13-15-30)25(31)18-6-9-21(28)10-7-18/h2-11,16H,12-15,17H2,1H3. The molecule has 1 aliphatic rings. The zero-order valence-corrected chi connectivity index (χ0v) is 19.4. The van der Waals surface area contributed by atoms with Gasteiger partial charge in [0.1, 0.15) is 12.4 Å². The number of carbonyl (C=O) groups is 2. The first-order chi connectivity index (χ1) is 16.5. The van der Waals surface area contributed by atoms with Crippen LogP contribution in [-0.4, -0.2) is 54.9 Å². The van der Waals surface area contributed by atoms with E-state index in [4.69, 9.17) is 21.1 Å². The van der Waals surface area contributed by atoms with Crippen LogP contribution in [0.2, 0.25) is 5.02 Å². The molecule has 34 heavy (non-hydrogen) atoms. The number of carbonyl (C=O) groups excluding carboxylic acids is 2. The Balaban J connectivity index is 1.38. The van der Waals surface area contributed by atoms with E-state index in [1.807, 2.05) is 18.2 Å². The maximum absolute atomic E-state index is 13.1. The van der Waals surface area contributed by atoms with Crippen molar-refractivity contribution >= 4 is 23.4 Å². The third-order valence-electron chi connectivity index (χ3n) is 5.70. The van der Waals surface area contributed by atoms with Crippen molar-refractivity contribution in [1.29, 1.82) is 0 Å². The van der Waals surface area contributed by atoms with Crippen LogP contribution < -0.4 is 9.47 Å². The van der Waals surface area contributed by atoms with E-state index < -0.39 is 0 Å². The molecule has 4 rings (SSSR count). The number of piperazine rings is 1. The Bertz CT molecular complexity index is 1180. The van der Waals surface area contributed by atoms with E-state index in [1.54, 1.807) is 34.1 Å². The number of nitrogens with zero attached hydrogens (tertiary/aromatic N) is 2. The van der Waals surface area contributed by atoms with Crippen molar-refractivity contribution in [1.82, 2.24) is 9.80 Å². The summed E-state index contributed by atoms with van der Waals surface area (Å²) < 4.78 is 24.4. The van der Waals surface area contributed by atoms with Crippen LogP contribution in [0.25, 0.3) is 0 Å². The Labute approximate surface area is 202 Å². The van der Waals surface area contributed by atoms with Crippen LogP contribution in [0, 0.1) is 5.82 Å². The molecule has 1 fully saturated rings. The van der Waals surface area contributed by atoms with E-state index in [2.05, 4.69) is 0 Å². The molecule has 6 nitrogen and oxygen atoms in total. The molecule has 1 saturated heterocycles. The topological polar surface area (TPSA) is 59.1 Å². The summed E-state index contributed by atoms with van der Waals surface area (Å²) in [5.41, 5.74) is 1.75. The lowest BCUT2D eigenvalue weighted by Crippen LogP contribution is -2.50. The molecule has 0 N–H and O–H groups in total. The number of amides is 2. The summed E-state index contributed by atoms with van der Waals surface area (Å²) in [6, 6.07) is 17.9. The number of rotatable bonds is 6. The van der Waals surface area contributed by atoms with Gasteiger partial charge < -0.3 is 19.3 Å². The summed E-state index contributed by atoms with van der Waals surface area (Å²) >= 11 is 6.19. The third kappa shape index (κ3) is 5.31. The molecule has 0 radical (unpaired) electrons. The Kier molecular flexibility index (Phi) is 7.33. The highest BCUT2D eigenvalue weighted by Gasteiger charge is 2.26. The van der Waals surface area contributed by atoms with Gasteiger partial charge in [0.05, 0.1) is 7.11 Å². The van der Waals surface area contributed by atoms with Crippen molar-refractivity contribution in [3.63, 3.8) is 0 Å². The van der Waals surface area contributed by atoms with Crippen LogP contribution in [0.15, 0.2) is 66.7 Å². The van der Waals surface area contributed by atoms with Crippen LogP contribution in [0.5, 0.6) is 11.5 Å². The minimum atomic E-state index is -0.386. The number of hydrogen-bond acceptors (Lipinski definition) is 4. The molecule has 0 aromatic heterocycles. The predicted molar refractivity (Wildman–Crippen MR) is 127 cm³/mol. The second kappa shape index (κ2) is 10.6. The van der Waals surface area contributed by atoms with Crippen molar-refractivity contribution in [3.05, 3.63) is 94.3 Å². The predicted octanol–water partition coefficient (Wildman–Crippen LogP) is 4.66. The Hall–Kier alpha value is -3.58. The number of methoxy groups -OCH3 is 1. The van der Waals surface area contributed by atoms with Gasteiger partial charge in [-0.05, 0) is 48.5 Å². The molecule has 3 aromatic rings. The summed E-state index contributed by atoms with van der Waals surface area (Å²) in [6.45, 7) is 1.88. The van der Waals surface area contributed by atoms with Crippen LogP contribution in [0.3, 0.4) is 0 Å². The molecule has 0 saturated carbocycles. The SMILES string of the molecule is COc1cc(C(=O)N2CCN(C(=O)c3ccc(F)cc3)CC2)ccc1OCc1ccccc1Cl. The van der Waals surface area contributed by atoms with Gasteiger partial charge in [0.25, 0.3) is 11.8 Å². The van der Waals surface area contributed by atoms with Gasteiger partial charge in [-0.15, -0.1) is 0 Å². The fourth-order valence-electron chi connectivity index (χ4n) is 3.76. The summed E-state index contributed by atoms with van der Waals surface area (Å²) in [5, 5.41) is 0.616. The van der Waals surface area contributed by atoms with E-state index in [1.165, 1.54) is 31.4 Å². The van der Waals surface area contributed by atoms with E-state index in [9.17, 15) is 14.0 Å². The second-order valence-corrected chi connectivity index (χ2v) is 8.24. The van der Waals surface area contributed by atoms with Gasteiger partial charge in [0.2, 0.25) is 0 Å². The highest BCUT2D eigenvalue weighted by Crippen LogP contribution is 2.30. The number of benzene rings is 3.